The summed E-state index contributed by atoms with van der Waals surface area (Å²) in [7, 11) is 4.69. The molecule has 0 aromatic carbocycles. The largest absolute Gasteiger partial charge is 0.463 e. The summed E-state index contributed by atoms with van der Waals surface area (Å²) >= 11 is 0. The van der Waals surface area contributed by atoms with E-state index in [0.29, 0.717) is 12.3 Å². The maximum absolute atomic E-state index is 11.6. The molecule has 0 saturated carbocycles. The van der Waals surface area contributed by atoms with Gasteiger partial charge in [0.1, 0.15) is 5.76 Å². The minimum atomic E-state index is -0.515. The predicted molar refractivity (Wildman–Crippen MR) is 65.0 cm³/mol. The molecule has 0 radical (unpaired) electrons. The minimum Gasteiger partial charge on any atom is -0.463 e. The van der Waals surface area contributed by atoms with Crippen molar-refractivity contribution in [1.82, 2.24) is 10.2 Å². The van der Waals surface area contributed by atoms with E-state index >= 15 is 0 Å². The Hall–Kier alpha value is -1.82. The lowest BCUT2D eigenvalue weighted by molar-refractivity contribution is -0.130. The predicted octanol–water partition coefficient (Wildman–Crippen LogP) is 0.632. The number of carbonyl (C=O) groups excluding carboxylic acids is 2. The van der Waals surface area contributed by atoms with Gasteiger partial charge in [0, 0.05) is 14.1 Å². The smallest absolute Gasteiger partial charge is 0.373 e. The molecule has 1 unspecified atom stereocenters. The number of amides is 1. The number of esters is 1. The van der Waals surface area contributed by atoms with Crippen LogP contribution in [0.3, 0.4) is 0 Å². The summed E-state index contributed by atoms with van der Waals surface area (Å²) in [6.07, 6.45) is 0. The summed E-state index contributed by atoms with van der Waals surface area (Å²) in [5, 5.41) is 3.01. The first-order valence-corrected chi connectivity index (χ1v) is 5.57. The Balaban J connectivity index is 2.51. The van der Waals surface area contributed by atoms with Gasteiger partial charge in [-0.15, -0.1) is 0 Å². The van der Waals surface area contributed by atoms with E-state index in [-0.39, 0.29) is 17.7 Å². The normalized spacial score (nSPS) is 12.0. The molecule has 0 saturated heterocycles. The third kappa shape index (κ3) is 3.59. The highest BCUT2D eigenvalue weighted by Gasteiger charge is 2.15. The molecule has 0 aliphatic carbocycles. The van der Waals surface area contributed by atoms with Crippen LogP contribution in [-0.2, 0) is 16.1 Å². The maximum atomic E-state index is 11.6. The molecule has 6 nitrogen and oxygen atoms in total. The van der Waals surface area contributed by atoms with Gasteiger partial charge in [-0.25, -0.2) is 4.79 Å². The van der Waals surface area contributed by atoms with Gasteiger partial charge in [-0.2, -0.15) is 0 Å². The number of furan rings is 1. The number of nitrogens with one attached hydrogen (secondary N) is 1. The third-order valence-corrected chi connectivity index (χ3v) is 2.44. The van der Waals surface area contributed by atoms with E-state index in [0.717, 1.165) is 0 Å². The number of hydrogen-bond acceptors (Lipinski definition) is 5. The van der Waals surface area contributed by atoms with E-state index in [1.807, 2.05) is 0 Å². The summed E-state index contributed by atoms with van der Waals surface area (Å²) in [6, 6.07) is 2.90. The Morgan fingerprint density at radius 3 is 2.67 bits per heavy atom. The number of carbonyl (C=O) groups is 2. The average Bonchev–Trinajstić information content (AvgIpc) is 2.82. The van der Waals surface area contributed by atoms with Crippen molar-refractivity contribution >= 4 is 11.9 Å². The van der Waals surface area contributed by atoms with Gasteiger partial charge in [0.2, 0.25) is 11.7 Å². The standard InChI is InChI=1S/C12H18N2O4/c1-8(11(15)14(2)3)13-7-9-5-6-10(18-9)12(16)17-4/h5-6,8,13H,7H2,1-4H3. The van der Waals surface area contributed by atoms with Gasteiger partial charge < -0.3 is 14.1 Å². The first-order chi connectivity index (χ1) is 8.45. The van der Waals surface area contributed by atoms with Crippen molar-refractivity contribution in [2.45, 2.75) is 19.5 Å². The van der Waals surface area contributed by atoms with Crippen molar-refractivity contribution in [3.05, 3.63) is 23.7 Å². The highest BCUT2D eigenvalue weighted by molar-refractivity contribution is 5.86. The Morgan fingerprint density at radius 2 is 2.11 bits per heavy atom. The first-order valence-electron chi connectivity index (χ1n) is 5.57. The first kappa shape index (κ1) is 14.2. The molecule has 18 heavy (non-hydrogen) atoms. The molecule has 1 N–H and O–H groups in total. The molecule has 0 fully saturated rings. The lowest BCUT2D eigenvalue weighted by Gasteiger charge is -2.17. The van der Waals surface area contributed by atoms with Crippen molar-refractivity contribution in [2.24, 2.45) is 0 Å². The minimum absolute atomic E-state index is 0.0188. The second-order valence-corrected chi connectivity index (χ2v) is 4.09. The Morgan fingerprint density at radius 1 is 1.44 bits per heavy atom. The van der Waals surface area contributed by atoms with Gasteiger partial charge >= 0.3 is 5.97 Å². The van der Waals surface area contributed by atoms with Crippen molar-refractivity contribution in [1.29, 1.82) is 0 Å². The van der Waals surface area contributed by atoms with Crippen LogP contribution in [-0.4, -0.2) is 44.0 Å². The van der Waals surface area contributed by atoms with E-state index in [1.54, 1.807) is 33.2 Å². The maximum Gasteiger partial charge on any atom is 0.373 e. The molecule has 0 aliphatic heterocycles. The van der Waals surface area contributed by atoms with Crippen LogP contribution in [0.2, 0.25) is 0 Å². The molecular weight excluding hydrogens is 236 g/mol. The lowest BCUT2D eigenvalue weighted by Crippen LogP contribution is -2.41. The Kier molecular flexibility index (Phi) is 4.91. The van der Waals surface area contributed by atoms with E-state index in [4.69, 9.17) is 4.42 Å². The summed E-state index contributed by atoms with van der Waals surface area (Å²) < 4.78 is 9.80. The second kappa shape index (κ2) is 6.20. The quantitative estimate of drug-likeness (QED) is 0.780. The summed E-state index contributed by atoms with van der Waals surface area (Å²) in [5.41, 5.74) is 0. The molecular formula is C12H18N2O4. The zero-order valence-electron chi connectivity index (χ0n) is 11.0. The molecule has 100 valence electrons. The number of nitrogens with zero attached hydrogens (tertiary/aromatic N) is 1. The molecule has 0 aliphatic rings. The fraction of sp³-hybridized carbons (Fsp3) is 0.500. The molecule has 1 heterocycles. The molecule has 1 rings (SSSR count). The monoisotopic (exact) mass is 254 g/mol. The van der Waals surface area contributed by atoms with Gasteiger partial charge in [-0.05, 0) is 19.1 Å². The van der Waals surface area contributed by atoms with Crippen molar-refractivity contribution in [3.8, 4) is 0 Å². The van der Waals surface area contributed by atoms with Gasteiger partial charge in [0.15, 0.2) is 0 Å². The van der Waals surface area contributed by atoms with E-state index in [1.165, 1.54) is 12.0 Å². The van der Waals surface area contributed by atoms with Crippen molar-refractivity contribution < 1.29 is 18.7 Å². The highest BCUT2D eigenvalue weighted by Crippen LogP contribution is 2.09. The van der Waals surface area contributed by atoms with Gasteiger partial charge in [0.25, 0.3) is 0 Å². The van der Waals surface area contributed by atoms with Crippen LogP contribution in [0.5, 0.6) is 0 Å². The van der Waals surface area contributed by atoms with Crippen LogP contribution in [0.15, 0.2) is 16.5 Å². The van der Waals surface area contributed by atoms with Crippen molar-refractivity contribution in [2.75, 3.05) is 21.2 Å². The van der Waals surface area contributed by atoms with Crippen LogP contribution in [0, 0.1) is 0 Å². The van der Waals surface area contributed by atoms with E-state index in [2.05, 4.69) is 10.1 Å². The SMILES string of the molecule is COC(=O)c1ccc(CNC(C)C(=O)N(C)C)o1. The number of ether oxygens (including phenoxy) is 1. The van der Waals surface area contributed by atoms with Crippen molar-refractivity contribution in [3.63, 3.8) is 0 Å². The van der Waals surface area contributed by atoms with Gasteiger partial charge in [-0.3, -0.25) is 10.1 Å². The fourth-order valence-electron chi connectivity index (χ4n) is 1.41. The van der Waals surface area contributed by atoms with Crippen LogP contribution in [0.4, 0.5) is 0 Å². The van der Waals surface area contributed by atoms with Crippen LogP contribution < -0.4 is 5.32 Å². The number of rotatable bonds is 5. The average molecular weight is 254 g/mol. The summed E-state index contributed by atoms with van der Waals surface area (Å²) in [6.45, 7) is 2.14. The molecule has 1 atom stereocenters. The summed E-state index contributed by atoms with van der Waals surface area (Å²) in [5.74, 6) is 0.197. The number of hydrogen-bond donors (Lipinski definition) is 1. The Labute approximate surface area is 106 Å². The third-order valence-electron chi connectivity index (χ3n) is 2.44. The zero-order valence-corrected chi connectivity index (χ0v) is 11.0. The highest BCUT2D eigenvalue weighted by atomic mass is 16.5. The van der Waals surface area contributed by atoms with Gasteiger partial charge in [-0.1, -0.05) is 0 Å². The molecule has 0 spiro atoms. The van der Waals surface area contributed by atoms with E-state index in [9.17, 15) is 9.59 Å². The number of methoxy groups -OCH3 is 1. The van der Waals surface area contributed by atoms with Crippen LogP contribution >= 0.6 is 0 Å². The Bertz CT molecular complexity index is 425. The number of likely N-dealkylation sites (N-methyl/N-ethyl adjacent to an activating group) is 1. The van der Waals surface area contributed by atoms with Crippen LogP contribution in [0.1, 0.15) is 23.2 Å². The second-order valence-electron chi connectivity index (χ2n) is 4.09. The zero-order chi connectivity index (χ0) is 13.7. The molecule has 1 aromatic rings. The van der Waals surface area contributed by atoms with E-state index < -0.39 is 5.97 Å². The van der Waals surface area contributed by atoms with Gasteiger partial charge in [0.05, 0.1) is 19.7 Å². The fourth-order valence-corrected chi connectivity index (χ4v) is 1.41. The molecule has 6 heteroatoms. The molecule has 0 bridgehead atoms. The lowest BCUT2D eigenvalue weighted by atomic mass is 10.3. The topological polar surface area (TPSA) is 71.8 Å². The van der Waals surface area contributed by atoms with Crippen LogP contribution in [0.25, 0.3) is 0 Å². The molecule has 1 aromatic heterocycles. The summed E-state index contributed by atoms with van der Waals surface area (Å²) in [4.78, 5) is 24.3. The molecule has 1 amide bonds.